The highest BCUT2D eigenvalue weighted by atomic mass is 32.2. The van der Waals surface area contributed by atoms with E-state index in [9.17, 15) is 13.2 Å². The zero-order chi connectivity index (χ0) is 21.7. The average molecular weight is 431 g/mol. The second kappa shape index (κ2) is 9.62. The van der Waals surface area contributed by atoms with Gasteiger partial charge >= 0.3 is 0 Å². The quantitative estimate of drug-likeness (QED) is 0.727. The normalized spacial score (nSPS) is 16.7. The first-order valence-electron chi connectivity index (χ1n) is 10.3. The zero-order valence-corrected chi connectivity index (χ0v) is 18.6. The molecule has 1 aliphatic heterocycles. The molecule has 1 N–H and O–H groups in total. The van der Waals surface area contributed by atoms with Gasteiger partial charge in [-0.05, 0) is 56.0 Å². The maximum atomic E-state index is 13.2. The van der Waals surface area contributed by atoms with Crippen molar-refractivity contribution in [2.24, 2.45) is 5.92 Å². The number of sulfonamides is 1. The molecule has 7 heteroatoms. The van der Waals surface area contributed by atoms with Gasteiger partial charge in [-0.3, -0.25) is 4.79 Å². The smallest absolute Gasteiger partial charge is 0.241 e. The first-order valence-corrected chi connectivity index (χ1v) is 11.8. The molecule has 2 aromatic carbocycles. The van der Waals surface area contributed by atoms with Gasteiger partial charge in [-0.1, -0.05) is 36.8 Å². The van der Waals surface area contributed by atoms with Gasteiger partial charge in [-0.2, -0.15) is 0 Å². The van der Waals surface area contributed by atoms with Crippen LogP contribution in [0.3, 0.4) is 0 Å². The van der Waals surface area contributed by atoms with E-state index in [2.05, 4.69) is 4.72 Å². The zero-order valence-electron chi connectivity index (χ0n) is 17.8. The van der Waals surface area contributed by atoms with Crippen molar-refractivity contribution in [3.05, 3.63) is 59.7 Å². The number of methoxy groups -OCH3 is 1. The summed E-state index contributed by atoms with van der Waals surface area (Å²) in [7, 11) is -2.22. The third-order valence-corrected chi connectivity index (χ3v) is 7.10. The minimum absolute atomic E-state index is 0.0258. The molecule has 2 atom stereocenters. The second-order valence-electron chi connectivity index (χ2n) is 7.86. The lowest BCUT2D eigenvalue weighted by Crippen LogP contribution is -2.44. The minimum atomic E-state index is -3.80. The fraction of sp³-hybridized carbons (Fsp3) is 0.435. The number of aryl methyl sites for hydroxylation is 1. The number of ether oxygens (including phenoxy) is 1. The summed E-state index contributed by atoms with van der Waals surface area (Å²) in [6, 6.07) is 13.2. The van der Waals surface area contributed by atoms with Crippen LogP contribution in [-0.2, 0) is 14.8 Å². The lowest BCUT2D eigenvalue weighted by atomic mass is 9.93. The van der Waals surface area contributed by atoms with Gasteiger partial charge in [0.1, 0.15) is 5.75 Å². The van der Waals surface area contributed by atoms with Crippen LogP contribution in [0.15, 0.2) is 53.4 Å². The summed E-state index contributed by atoms with van der Waals surface area (Å²) >= 11 is 0. The molecule has 1 fully saturated rings. The molecule has 0 aliphatic carbocycles. The molecule has 1 heterocycles. The first kappa shape index (κ1) is 22.3. The Morgan fingerprint density at radius 3 is 2.17 bits per heavy atom. The number of carbonyl (C=O) groups is 1. The van der Waals surface area contributed by atoms with Gasteiger partial charge in [-0.25, -0.2) is 13.1 Å². The Labute approximate surface area is 179 Å². The molecule has 0 radical (unpaired) electrons. The largest absolute Gasteiger partial charge is 0.497 e. The molecule has 1 saturated heterocycles. The number of benzene rings is 2. The lowest BCUT2D eigenvalue weighted by Gasteiger charge is -2.32. The van der Waals surface area contributed by atoms with E-state index < -0.39 is 22.0 Å². The van der Waals surface area contributed by atoms with Crippen molar-refractivity contribution in [3.63, 3.8) is 0 Å². The summed E-state index contributed by atoms with van der Waals surface area (Å²) in [4.78, 5) is 15.2. The Hall–Kier alpha value is -2.38. The molecule has 0 spiro atoms. The number of rotatable bonds is 7. The molecule has 0 bridgehead atoms. The van der Waals surface area contributed by atoms with Gasteiger partial charge in [-0.15, -0.1) is 0 Å². The van der Waals surface area contributed by atoms with E-state index in [1.54, 1.807) is 62.6 Å². The summed E-state index contributed by atoms with van der Waals surface area (Å²) in [6.07, 6.45) is 3.10. The van der Waals surface area contributed by atoms with E-state index in [-0.39, 0.29) is 10.8 Å². The Morgan fingerprint density at radius 1 is 1.00 bits per heavy atom. The van der Waals surface area contributed by atoms with Crippen LogP contribution in [0.5, 0.6) is 5.75 Å². The summed E-state index contributed by atoms with van der Waals surface area (Å²) in [5, 5.41) is 0. The van der Waals surface area contributed by atoms with E-state index in [4.69, 9.17) is 4.74 Å². The summed E-state index contributed by atoms with van der Waals surface area (Å²) in [5.74, 6) is 0.104. The monoisotopic (exact) mass is 430 g/mol. The number of piperidine rings is 1. The van der Waals surface area contributed by atoms with Crippen LogP contribution in [0.25, 0.3) is 0 Å². The highest BCUT2D eigenvalue weighted by Gasteiger charge is 2.33. The van der Waals surface area contributed by atoms with Crippen molar-refractivity contribution in [2.45, 2.75) is 44.0 Å². The van der Waals surface area contributed by atoms with E-state index in [0.29, 0.717) is 5.75 Å². The minimum Gasteiger partial charge on any atom is -0.497 e. The highest BCUT2D eigenvalue weighted by molar-refractivity contribution is 7.89. The predicted octanol–water partition coefficient (Wildman–Crippen LogP) is 3.67. The molecular weight excluding hydrogens is 400 g/mol. The van der Waals surface area contributed by atoms with Crippen LogP contribution < -0.4 is 9.46 Å². The molecule has 0 aromatic heterocycles. The number of hydrogen-bond acceptors (Lipinski definition) is 4. The number of nitrogens with zero attached hydrogens (tertiary/aromatic N) is 1. The molecule has 162 valence electrons. The van der Waals surface area contributed by atoms with Gasteiger partial charge < -0.3 is 9.64 Å². The van der Waals surface area contributed by atoms with Crippen LogP contribution in [0.1, 0.15) is 43.4 Å². The molecule has 30 heavy (non-hydrogen) atoms. The molecule has 3 rings (SSSR count). The maximum Gasteiger partial charge on any atom is 0.241 e. The van der Waals surface area contributed by atoms with E-state index in [1.165, 1.54) is 0 Å². The first-order chi connectivity index (χ1) is 14.3. The van der Waals surface area contributed by atoms with Gasteiger partial charge in [0.05, 0.1) is 24.0 Å². The molecule has 6 nitrogen and oxygen atoms in total. The van der Waals surface area contributed by atoms with Crippen molar-refractivity contribution >= 4 is 15.9 Å². The fourth-order valence-corrected chi connectivity index (χ4v) is 5.07. The van der Waals surface area contributed by atoms with Crippen molar-refractivity contribution in [1.82, 2.24) is 9.62 Å². The topological polar surface area (TPSA) is 75.7 Å². The number of likely N-dealkylation sites (tertiary alicyclic amines) is 1. The number of hydrogen-bond donors (Lipinski definition) is 1. The summed E-state index contributed by atoms with van der Waals surface area (Å²) in [6.45, 7) is 5.15. The maximum absolute atomic E-state index is 13.2. The van der Waals surface area contributed by atoms with Gasteiger partial charge in [0.2, 0.25) is 15.9 Å². The van der Waals surface area contributed by atoms with Crippen LogP contribution in [-0.4, -0.2) is 39.4 Å². The third-order valence-electron chi connectivity index (χ3n) is 5.65. The van der Waals surface area contributed by atoms with Crippen molar-refractivity contribution in [3.8, 4) is 5.75 Å². The molecule has 0 saturated carbocycles. The molecule has 0 unspecified atom stereocenters. The van der Waals surface area contributed by atoms with Crippen LogP contribution in [0.4, 0.5) is 0 Å². The van der Waals surface area contributed by atoms with Crippen molar-refractivity contribution in [1.29, 1.82) is 0 Å². The molecule has 1 aliphatic rings. The Morgan fingerprint density at radius 2 is 1.60 bits per heavy atom. The van der Waals surface area contributed by atoms with Crippen LogP contribution in [0, 0.1) is 12.8 Å². The predicted molar refractivity (Wildman–Crippen MR) is 117 cm³/mol. The molecule has 2 aromatic rings. The molecule has 1 amide bonds. The van der Waals surface area contributed by atoms with E-state index >= 15 is 0 Å². The summed E-state index contributed by atoms with van der Waals surface area (Å²) < 4.78 is 34.2. The standard InChI is InChI=1S/C23H30N2O4S/c1-17-7-13-21(14-8-17)30(27,28)24-22(19-9-11-20(29-3)12-10-19)18(2)23(26)25-15-5-4-6-16-25/h7-14,18,22,24H,4-6,15-16H2,1-3H3/t18-,22+/m1/s1. The highest BCUT2D eigenvalue weighted by Crippen LogP contribution is 2.28. The number of amides is 1. The van der Waals surface area contributed by atoms with Gasteiger partial charge in [0.15, 0.2) is 0 Å². The van der Waals surface area contributed by atoms with E-state index in [0.717, 1.165) is 43.5 Å². The summed E-state index contributed by atoms with van der Waals surface area (Å²) in [5.41, 5.74) is 1.71. The SMILES string of the molecule is COc1ccc([C@@H](NS(=O)(=O)c2ccc(C)cc2)[C@@H](C)C(=O)N2CCCCC2)cc1. The Bertz CT molecular complexity index is 950. The Balaban J connectivity index is 1.91. The third kappa shape index (κ3) is 5.21. The number of nitrogens with one attached hydrogen (secondary N) is 1. The fourth-order valence-electron chi connectivity index (χ4n) is 3.77. The average Bonchev–Trinajstić information content (AvgIpc) is 2.77. The second-order valence-corrected chi connectivity index (χ2v) is 9.57. The Kier molecular flexibility index (Phi) is 7.15. The van der Waals surface area contributed by atoms with Crippen molar-refractivity contribution < 1.29 is 17.9 Å². The van der Waals surface area contributed by atoms with Gasteiger partial charge in [0.25, 0.3) is 0 Å². The van der Waals surface area contributed by atoms with E-state index in [1.807, 2.05) is 11.8 Å². The molecular formula is C23H30N2O4S. The lowest BCUT2D eigenvalue weighted by molar-refractivity contribution is -0.136. The van der Waals surface area contributed by atoms with Gasteiger partial charge in [0, 0.05) is 13.1 Å². The van der Waals surface area contributed by atoms with Crippen molar-refractivity contribution in [2.75, 3.05) is 20.2 Å². The number of carbonyl (C=O) groups excluding carboxylic acids is 1. The van der Waals surface area contributed by atoms with Crippen LogP contribution in [0.2, 0.25) is 0 Å². The van der Waals surface area contributed by atoms with Crippen LogP contribution >= 0.6 is 0 Å².